The zero-order valence-corrected chi connectivity index (χ0v) is 26.6. The fraction of sp³-hybridized carbons (Fsp3) is 0.306. The first-order chi connectivity index (χ1) is 21.3. The number of aromatic carboxylic acids is 1. The second kappa shape index (κ2) is 12.5. The molecule has 0 radical (unpaired) electrons. The van der Waals surface area contributed by atoms with Crippen LogP contribution in [0, 0.1) is 6.92 Å². The van der Waals surface area contributed by atoms with Gasteiger partial charge in [-0.3, -0.25) is 4.79 Å². The van der Waals surface area contributed by atoms with Gasteiger partial charge in [-0.05, 0) is 93.3 Å². The van der Waals surface area contributed by atoms with E-state index in [2.05, 4.69) is 0 Å². The molecule has 0 saturated carbocycles. The largest absolute Gasteiger partial charge is 0.489 e. The van der Waals surface area contributed by atoms with Crippen molar-refractivity contribution < 1.29 is 29.0 Å². The van der Waals surface area contributed by atoms with Crippen molar-refractivity contribution in [3.63, 3.8) is 0 Å². The third-order valence-corrected chi connectivity index (χ3v) is 8.05. The van der Waals surface area contributed by atoms with Crippen molar-refractivity contribution in [2.45, 2.75) is 52.9 Å². The van der Waals surface area contributed by atoms with Gasteiger partial charge in [0.25, 0.3) is 5.91 Å². The minimum Gasteiger partial charge on any atom is -0.489 e. The second-order valence-electron chi connectivity index (χ2n) is 12.3. The molecule has 9 nitrogen and oxygen atoms in total. The third-order valence-electron chi connectivity index (χ3n) is 8.05. The van der Waals surface area contributed by atoms with E-state index in [4.69, 9.17) is 9.47 Å². The summed E-state index contributed by atoms with van der Waals surface area (Å²) in [5.41, 5.74) is 5.34. The molecule has 45 heavy (non-hydrogen) atoms. The number of hydrogen-bond donors (Lipinski definition) is 1. The lowest BCUT2D eigenvalue weighted by molar-refractivity contribution is 0.0224. The van der Waals surface area contributed by atoms with Crippen LogP contribution < -0.4 is 9.64 Å². The fourth-order valence-electron chi connectivity index (χ4n) is 5.46. The van der Waals surface area contributed by atoms with Crippen LogP contribution in [-0.2, 0) is 31.4 Å². The van der Waals surface area contributed by atoms with Crippen molar-refractivity contribution in [3.05, 3.63) is 106 Å². The maximum atomic E-state index is 13.7. The molecule has 4 aromatic rings. The van der Waals surface area contributed by atoms with E-state index < -0.39 is 17.7 Å². The summed E-state index contributed by atoms with van der Waals surface area (Å²) >= 11 is 0. The average Bonchev–Trinajstić information content (AvgIpc) is 3.31. The molecule has 2 heterocycles. The number of carboxylic acids is 1. The Bertz CT molecular complexity index is 1740. The van der Waals surface area contributed by atoms with Crippen LogP contribution in [0.3, 0.4) is 0 Å². The van der Waals surface area contributed by atoms with Crippen molar-refractivity contribution >= 4 is 23.7 Å². The summed E-state index contributed by atoms with van der Waals surface area (Å²) in [6.45, 7) is 8.47. The Hall–Kier alpha value is -5.05. The third kappa shape index (κ3) is 6.87. The van der Waals surface area contributed by atoms with E-state index in [1.807, 2.05) is 100.0 Å². The summed E-state index contributed by atoms with van der Waals surface area (Å²) in [7, 11) is 3.54. The summed E-state index contributed by atoms with van der Waals surface area (Å²) in [5, 5.41) is 10.2. The highest BCUT2D eigenvalue weighted by molar-refractivity contribution is 6.08. The minimum atomic E-state index is -1.08. The molecule has 234 valence electrons. The number of carbonyl (C=O) groups is 3. The predicted molar refractivity (Wildman–Crippen MR) is 173 cm³/mol. The van der Waals surface area contributed by atoms with Crippen molar-refractivity contribution in [1.82, 2.24) is 9.47 Å². The van der Waals surface area contributed by atoms with Crippen LogP contribution in [0.4, 0.5) is 10.5 Å². The van der Waals surface area contributed by atoms with Crippen LogP contribution in [0.1, 0.15) is 63.9 Å². The molecule has 3 aromatic carbocycles. The number of benzene rings is 3. The van der Waals surface area contributed by atoms with E-state index in [9.17, 15) is 19.5 Å². The highest BCUT2D eigenvalue weighted by Crippen LogP contribution is 2.34. The van der Waals surface area contributed by atoms with Gasteiger partial charge in [-0.2, -0.15) is 0 Å². The van der Waals surface area contributed by atoms with Gasteiger partial charge in [0.1, 0.15) is 18.0 Å². The van der Waals surface area contributed by atoms with Crippen molar-refractivity contribution in [2.24, 2.45) is 7.05 Å². The fourth-order valence-corrected chi connectivity index (χ4v) is 5.46. The molecule has 1 aromatic heterocycles. The normalized spacial score (nSPS) is 12.8. The Kier molecular flexibility index (Phi) is 8.73. The number of aromatic nitrogens is 1. The topological polar surface area (TPSA) is 101 Å². The SMILES string of the molecule is Cc1c(C(=O)N(C)c2ccc(OCc3ccccc3)cc2)cc(-c2cc3c(cc2C(=O)O)CN(C(=O)OC(C)(C)C)CC3)n1C. The standard InChI is InChI=1S/C36H39N3O6/c1-23-29(33(40)38(6)27-12-14-28(15-13-27)44-22-24-10-8-7-9-11-24)20-32(37(23)5)30-18-25-16-17-39(35(43)45-36(2,3)4)21-26(25)19-31(30)34(41)42/h7-15,18-20H,16-17,21-22H2,1-6H3,(H,41,42). The number of fused-ring (bicyclic) bond motifs is 1. The number of hydrogen-bond acceptors (Lipinski definition) is 5. The van der Waals surface area contributed by atoms with Gasteiger partial charge in [0, 0.05) is 49.8 Å². The first-order valence-electron chi connectivity index (χ1n) is 14.9. The molecule has 2 amide bonds. The summed E-state index contributed by atoms with van der Waals surface area (Å²) in [6, 6.07) is 22.5. The zero-order chi connectivity index (χ0) is 32.5. The van der Waals surface area contributed by atoms with E-state index in [0.29, 0.717) is 47.8 Å². The van der Waals surface area contributed by atoms with E-state index in [1.54, 1.807) is 29.0 Å². The molecule has 0 unspecified atom stereocenters. The molecular formula is C36H39N3O6. The molecule has 0 spiro atoms. The molecule has 0 saturated heterocycles. The number of rotatable bonds is 7. The smallest absolute Gasteiger partial charge is 0.410 e. The number of ether oxygens (including phenoxy) is 2. The Morgan fingerprint density at radius 3 is 2.27 bits per heavy atom. The monoisotopic (exact) mass is 609 g/mol. The molecule has 1 aliphatic rings. The molecule has 0 fully saturated rings. The molecular weight excluding hydrogens is 570 g/mol. The number of carboxylic acid groups (broad SMARTS) is 1. The number of anilines is 1. The molecule has 9 heteroatoms. The van der Waals surface area contributed by atoms with Crippen LogP contribution >= 0.6 is 0 Å². The van der Waals surface area contributed by atoms with Gasteiger partial charge < -0.3 is 28.9 Å². The molecule has 1 N–H and O–H groups in total. The van der Waals surface area contributed by atoms with E-state index in [-0.39, 0.29) is 18.0 Å². The van der Waals surface area contributed by atoms with Gasteiger partial charge in [0.15, 0.2) is 0 Å². The van der Waals surface area contributed by atoms with E-state index in [1.165, 1.54) is 0 Å². The van der Waals surface area contributed by atoms with Crippen LogP contribution in [0.5, 0.6) is 5.75 Å². The van der Waals surface area contributed by atoms with Crippen molar-refractivity contribution in [2.75, 3.05) is 18.5 Å². The second-order valence-corrected chi connectivity index (χ2v) is 12.3. The number of amides is 2. The quantitative estimate of drug-likeness (QED) is 0.246. The first-order valence-corrected chi connectivity index (χ1v) is 14.9. The number of carbonyl (C=O) groups excluding carboxylic acids is 2. The lowest BCUT2D eigenvalue weighted by Gasteiger charge is -2.31. The summed E-state index contributed by atoms with van der Waals surface area (Å²) < 4.78 is 13.3. The molecule has 0 atom stereocenters. The average molecular weight is 610 g/mol. The van der Waals surface area contributed by atoms with Gasteiger partial charge in [0.2, 0.25) is 0 Å². The Morgan fingerprint density at radius 2 is 1.62 bits per heavy atom. The van der Waals surface area contributed by atoms with Crippen LogP contribution in [0.25, 0.3) is 11.3 Å². The molecule has 1 aliphatic heterocycles. The van der Waals surface area contributed by atoms with Crippen LogP contribution in [0.2, 0.25) is 0 Å². The lowest BCUT2D eigenvalue weighted by atomic mass is 9.92. The molecule has 5 rings (SSSR count). The predicted octanol–water partition coefficient (Wildman–Crippen LogP) is 6.85. The first kappa shape index (κ1) is 31.4. The van der Waals surface area contributed by atoms with Gasteiger partial charge in [-0.25, -0.2) is 9.59 Å². The van der Waals surface area contributed by atoms with Gasteiger partial charge in [-0.1, -0.05) is 30.3 Å². The summed E-state index contributed by atoms with van der Waals surface area (Å²) in [5.74, 6) is -0.597. The Labute approximate surface area is 263 Å². The zero-order valence-electron chi connectivity index (χ0n) is 26.6. The van der Waals surface area contributed by atoms with Crippen molar-refractivity contribution in [1.29, 1.82) is 0 Å². The summed E-state index contributed by atoms with van der Waals surface area (Å²) in [6.07, 6.45) is 0.138. The highest BCUT2D eigenvalue weighted by atomic mass is 16.6. The van der Waals surface area contributed by atoms with Crippen LogP contribution in [0.15, 0.2) is 72.8 Å². The van der Waals surface area contributed by atoms with Crippen LogP contribution in [-0.4, -0.2) is 51.7 Å². The maximum Gasteiger partial charge on any atom is 0.410 e. The maximum absolute atomic E-state index is 13.7. The van der Waals surface area contributed by atoms with Gasteiger partial charge >= 0.3 is 12.1 Å². The summed E-state index contributed by atoms with van der Waals surface area (Å²) in [4.78, 5) is 42.0. The van der Waals surface area contributed by atoms with E-state index in [0.717, 1.165) is 22.4 Å². The molecule has 0 aliphatic carbocycles. The van der Waals surface area contributed by atoms with Gasteiger partial charge in [-0.15, -0.1) is 0 Å². The minimum absolute atomic E-state index is 0.110. The highest BCUT2D eigenvalue weighted by Gasteiger charge is 2.29. The van der Waals surface area contributed by atoms with Crippen molar-refractivity contribution in [3.8, 4) is 17.0 Å². The Morgan fingerprint density at radius 1 is 0.933 bits per heavy atom. The Balaban J connectivity index is 1.37. The molecule has 0 bridgehead atoms. The van der Waals surface area contributed by atoms with E-state index >= 15 is 0 Å². The number of nitrogens with zero attached hydrogens (tertiary/aromatic N) is 3. The lowest BCUT2D eigenvalue weighted by Crippen LogP contribution is -2.40. The van der Waals surface area contributed by atoms with Gasteiger partial charge in [0.05, 0.1) is 11.1 Å².